The smallest absolute Gasteiger partial charge is 0.137 e. The molecule has 1 aromatic rings. The van der Waals surface area contributed by atoms with E-state index in [1.165, 1.54) is 0 Å². The minimum Gasteiger partial charge on any atom is -0.490 e. The summed E-state index contributed by atoms with van der Waals surface area (Å²) >= 11 is 0. The largest absolute Gasteiger partial charge is 0.490 e. The standard InChI is InChI=1S/C12H12NO2/c1-3-10-5-4-6-12(11(10)9-13)15-8-7-14-2/h4-6H,1,7-8H2,2H3. The maximum absolute atomic E-state index is 8.96. The fraction of sp³-hybridized carbons (Fsp3) is 0.250. The molecule has 3 heteroatoms. The lowest BCUT2D eigenvalue weighted by molar-refractivity contribution is 0.146. The fourth-order valence-corrected chi connectivity index (χ4v) is 1.15. The highest BCUT2D eigenvalue weighted by Crippen LogP contribution is 2.21. The van der Waals surface area contributed by atoms with E-state index < -0.39 is 0 Å². The molecule has 0 fully saturated rings. The van der Waals surface area contributed by atoms with E-state index in [4.69, 9.17) is 14.7 Å². The van der Waals surface area contributed by atoms with Crippen molar-refractivity contribution < 1.29 is 9.47 Å². The van der Waals surface area contributed by atoms with Crippen molar-refractivity contribution in [2.45, 2.75) is 0 Å². The van der Waals surface area contributed by atoms with Gasteiger partial charge in [-0.2, -0.15) is 5.26 Å². The van der Waals surface area contributed by atoms with Crippen LogP contribution in [0, 0.1) is 17.4 Å². The van der Waals surface area contributed by atoms with Crippen molar-refractivity contribution in [2.24, 2.45) is 0 Å². The second-order valence-electron chi connectivity index (χ2n) is 2.81. The van der Waals surface area contributed by atoms with Gasteiger partial charge in [0.1, 0.15) is 24.0 Å². The molecule has 1 rings (SSSR count). The number of ether oxygens (including phenoxy) is 2. The maximum Gasteiger partial charge on any atom is 0.137 e. The van der Waals surface area contributed by atoms with Crippen molar-refractivity contribution in [3.8, 4) is 11.8 Å². The van der Waals surface area contributed by atoms with Crippen LogP contribution in [0.1, 0.15) is 11.1 Å². The first-order valence-corrected chi connectivity index (χ1v) is 4.51. The van der Waals surface area contributed by atoms with Crippen LogP contribution in [0.2, 0.25) is 0 Å². The number of methoxy groups -OCH3 is 1. The summed E-state index contributed by atoms with van der Waals surface area (Å²) in [6, 6.07) is 7.39. The van der Waals surface area contributed by atoms with Crippen LogP contribution in [0.25, 0.3) is 0 Å². The van der Waals surface area contributed by atoms with Crippen LogP contribution in [0.15, 0.2) is 24.8 Å². The van der Waals surface area contributed by atoms with Gasteiger partial charge in [-0.1, -0.05) is 18.7 Å². The maximum atomic E-state index is 8.96. The molecule has 0 aromatic heterocycles. The van der Waals surface area contributed by atoms with Gasteiger partial charge in [0.2, 0.25) is 0 Å². The van der Waals surface area contributed by atoms with Crippen LogP contribution >= 0.6 is 0 Å². The molecule has 0 amide bonds. The van der Waals surface area contributed by atoms with Gasteiger partial charge in [0.15, 0.2) is 0 Å². The van der Waals surface area contributed by atoms with Crippen LogP contribution < -0.4 is 4.74 Å². The van der Waals surface area contributed by atoms with E-state index in [2.05, 4.69) is 18.7 Å². The second-order valence-corrected chi connectivity index (χ2v) is 2.81. The topological polar surface area (TPSA) is 42.2 Å². The number of benzene rings is 1. The highest BCUT2D eigenvalue weighted by Gasteiger charge is 2.06. The van der Waals surface area contributed by atoms with Crippen molar-refractivity contribution in [1.82, 2.24) is 0 Å². The second kappa shape index (κ2) is 5.84. The Hall–Kier alpha value is -1.79. The van der Waals surface area contributed by atoms with Crippen molar-refractivity contribution >= 4 is 0 Å². The summed E-state index contributed by atoms with van der Waals surface area (Å²) in [5, 5.41) is 8.96. The monoisotopic (exact) mass is 202 g/mol. The van der Waals surface area contributed by atoms with Crippen LogP contribution in [0.3, 0.4) is 0 Å². The Morgan fingerprint density at radius 2 is 2.20 bits per heavy atom. The van der Waals surface area contributed by atoms with Gasteiger partial charge in [-0.25, -0.2) is 0 Å². The molecule has 0 aliphatic carbocycles. The lowest BCUT2D eigenvalue weighted by Gasteiger charge is -2.08. The fourth-order valence-electron chi connectivity index (χ4n) is 1.15. The van der Waals surface area contributed by atoms with Gasteiger partial charge in [0, 0.05) is 12.7 Å². The van der Waals surface area contributed by atoms with E-state index in [-0.39, 0.29) is 0 Å². The van der Waals surface area contributed by atoms with Gasteiger partial charge in [-0.15, -0.1) is 0 Å². The molecule has 0 saturated carbocycles. The number of rotatable bonds is 5. The van der Waals surface area contributed by atoms with Crippen molar-refractivity contribution in [2.75, 3.05) is 20.3 Å². The molecule has 0 atom stereocenters. The SMILES string of the molecule is C=[C]c1cccc(OCCOC)c1C#N. The minimum atomic E-state index is 0.422. The zero-order valence-electron chi connectivity index (χ0n) is 8.62. The van der Waals surface area contributed by atoms with Crippen LogP contribution in [-0.2, 0) is 4.74 Å². The first-order valence-electron chi connectivity index (χ1n) is 4.51. The third-order valence-corrected chi connectivity index (χ3v) is 1.87. The highest BCUT2D eigenvalue weighted by molar-refractivity contribution is 5.50. The van der Waals surface area contributed by atoms with Crippen LogP contribution in [0.5, 0.6) is 5.75 Å². The molecular formula is C12H12NO2. The van der Waals surface area contributed by atoms with E-state index in [9.17, 15) is 0 Å². The normalized spacial score (nSPS) is 9.33. The summed E-state index contributed by atoms with van der Waals surface area (Å²) in [5.41, 5.74) is 1.12. The van der Waals surface area contributed by atoms with Crippen molar-refractivity contribution in [1.29, 1.82) is 5.26 Å². The average molecular weight is 202 g/mol. The molecule has 1 aromatic carbocycles. The molecule has 0 aliphatic rings. The molecule has 0 spiro atoms. The Morgan fingerprint density at radius 3 is 2.80 bits per heavy atom. The Kier molecular flexibility index (Phi) is 4.39. The number of nitrogens with zero attached hydrogens (tertiary/aromatic N) is 1. The third-order valence-electron chi connectivity index (χ3n) is 1.87. The first kappa shape index (κ1) is 11.3. The molecule has 1 radical (unpaired) electrons. The molecule has 15 heavy (non-hydrogen) atoms. The molecular weight excluding hydrogens is 190 g/mol. The number of hydrogen-bond acceptors (Lipinski definition) is 3. The average Bonchev–Trinajstić information content (AvgIpc) is 2.29. The summed E-state index contributed by atoms with van der Waals surface area (Å²) in [6.45, 7) is 4.44. The summed E-state index contributed by atoms with van der Waals surface area (Å²) in [5.74, 6) is 0.545. The van der Waals surface area contributed by atoms with E-state index in [0.717, 1.165) is 0 Å². The Bertz CT molecular complexity index is 380. The molecule has 0 unspecified atom stereocenters. The van der Waals surface area contributed by atoms with E-state index in [0.29, 0.717) is 30.1 Å². The van der Waals surface area contributed by atoms with Gasteiger partial charge in [-0.05, 0) is 12.1 Å². The van der Waals surface area contributed by atoms with Gasteiger partial charge >= 0.3 is 0 Å². The number of hydrogen-bond donors (Lipinski definition) is 0. The molecule has 0 N–H and O–H groups in total. The third kappa shape index (κ3) is 2.83. The summed E-state index contributed by atoms with van der Waals surface area (Å²) < 4.78 is 10.3. The predicted molar refractivity (Wildman–Crippen MR) is 56.5 cm³/mol. The van der Waals surface area contributed by atoms with Gasteiger partial charge in [0.05, 0.1) is 6.61 Å². The summed E-state index contributed by atoms with van der Waals surface area (Å²) in [7, 11) is 1.60. The zero-order valence-corrected chi connectivity index (χ0v) is 8.62. The van der Waals surface area contributed by atoms with Crippen molar-refractivity contribution in [3.05, 3.63) is 42.0 Å². The van der Waals surface area contributed by atoms with Crippen LogP contribution in [0.4, 0.5) is 0 Å². The molecule has 0 heterocycles. The van der Waals surface area contributed by atoms with Crippen LogP contribution in [-0.4, -0.2) is 20.3 Å². The molecule has 77 valence electrons. The zero-order chi connectivity index (χ0) is 11.1. The Morgan fingerprint density at radius 1 is 1.40 bits per heavy atom. The number of nitriles is 1. The summed E-state index contributed by atoms with van der Waals surface area (Å²) in [4.78, 5) is 0. The molecule has 0 saturated heterocycles. The quantitative estimate of drug-likeness (QED) is 0.685. The summed E-state index contributed by atoms with van der Waals surface area (Å²) in [6.07, 6.45) is 2.69. The Labute approximate surface area is 89.6 Å². The molecule has 3 nitrogen and oxygen atoms in total. The minimum absolute atomic E-state index is 0.422. The van der Waals surface area contributed by atoms with Gasteiger partial charge < -0.3 is 9.47 Å². The van der Waals surface area contributed by atoms with E-state index in [1.807, 2.05) is 0 Å². The van der Waals surface area contributed by atoms with E-state index >= 15 is 0 Å². The van der Waals surface area contributed by atoms with E-state index in [1.54, 1.807) is 25.3 Å². The van der Waals surface area contributed by atoms with Crippen molar-refractivity contribution in [3.63, 3.8) is 0 Å². The lowest BCUT2D eigenvalue weighted by Crippen LogP contribution is -2.05. The molecule has 0 aliphatic heterocycles. The Balaban J connectivity index is 2.87. The molecule has 0 bridgehead atoms. The lowest BCUT2D eigenvalue weighted by atomic mass is 10.1. The van der Waals surface area contributed by atoms with Gasteiger partial charge in [-0.3, -0.25) is 0 Å². The first-order chi connectivity index (χ1) is 7.33. The highest BCUT2D eigenvalue weighted by atomic mass is 16.5. The predicted octanol–water partition coefficient (Wildman–Crippen LogP) is 1.92. The van der Waals surface area contributed by atoms with Gasteiger partial charge in [0.25, 0.3) is 0 Å².